The molecule has 1 aliphatic carbocycles. The molecule has 1 saturated heterocycles. The number of fused-ring (bicyclic) bond motifs is 3. The molecule has 1 atom stereocenters. The summed E-state index contributed by atoms with van der Waals surface area (Å²) in [6.45, 7) is 1.46. The predicted octanol–water partition coefficient (Wildman–Crippen LogP) is 2.25. The van der Waals surface area contributed by atoms with Crippen LogP contribution in [0.3, 0.4) is 0 Å². The van der Waals surface area contributed by atoms with Crippen LogP contribution in [0.4, 0.5) is 5.95 Å². The molecule has 27 heavy (non-hydrogen) atoms. The van der Waals surface area contributed by atoms with Gasteiger partial charge in [0.15, 0.2) is 5.58 Å². The van der Waals surface area contributed by atoms with E-state index in [1.165, 1.54) is 5.56 Å². The van der Waals surface area contributed by atoms with Crippen LogP contribution in [-0.4, -0.2) is 39.0 Å². The number of nitrogens with two attached hydrogens (primary N) is 1. The molecular formula is C20H21N5O2. The number of carbonyl (C=O) groups is 1. The van der Waals surface area contributed by atoms with E-state index in [4.69, 9.17) is 10.3 Å². The zero-order chi connectivity index (χ0) is 18.4. The Morgan fingerprint density at radius 1 is 1.30 bits per heavy atom. The number of anilines is 1. The Labute approximate surface area is 156 Å². The van der Waals surface area contributed by atoms with Gasteiger partial charge >= 0.3 is 0 Å². The number of hydrogen-bond acceptors (Lipinski definition) is 6. The van der Waals surface area contributed by atoms with Crippen molar-refractivity contribution in [3.05, 3.63) is 47.4 Å². The van der Waals surface area contributed by atoms with Crippen molar-refractivity contribution < 1.29 is 9.32 Å². The molecule has 1 aliphatic heterocycles. The van der Waals surface area contributed by atoms with Crippen molar-refractivity contribution in [3.8, 4) is 0 Å². The van der Waals surface area contributed by atoms with Gasteiger partial charge in [0.05, 0.1) is 12.1 Å². The maximum absolute atomic E-state index is 13.0. The standard InChI is InChI=1S/C20H21N5O2/c21-19-22-11-13-6-8-20(18(13)23-19)7-3-9-25(12-20)17(26)10-15-14-4-1-2-5-16(14)27-24-15/h1-2,4-5,11H,3,6-10,12H2,(H2,21,22,23). The van der Waals surface area contributed by atoms with Crippen LogP contribution in [-0.2, 0) is 23.1 Å². The van der Waals surface area contributed by atoms with Crippen molar-refractivity contribution >= 4 is 22.8 Å². The maximum atomic E-state index is 13.0. The number of nitrogen functional groups attached to an aromatic ring is 1. The first-order chi connectivity index (χ1) is 13.1. The summed E-state index contributed by atoms with van der Waals surface area (Å²) in [5.74, 6) is 0.399. The van der Waals surface area contributed by atoms with E-state index in [0.717, 1.165) is 43.3 Å². The molecule has 0 saturated carbocycles. The topological polar surface area (TPSA) is 98.1 Å². The molecule has 5 rings (SSSR count). The minimum absolute atomic E-state index is 0.0867. The van der Waals surface area contributed by atoms with Crippen LogP contribution in [0, 0.1) is 0 Å². The van der Waals surface area contributed by atoms with Crippen molar-refractivity contribution in [1.29, 1.82) is 0 Å². The Morgan fingerprint density at radius 2 is 2.19 bits per heavy atom. The summed E-state index contributed by atoms with van der Waals surface area (Å²) in [5.41, 5.74) is 9.37. The number of piperidine rings is 1. The highest BCUT2D eigenvalue weighted by atomic mass is 16.5. The molecule has 7 nitrogen and oxygen atoms in total. The van der Waals surface area contributed by atoms with E-state index in [2.05, 4.69) is 15.1 Å². The van der Waals surface area contributed by atoms with Gasteiger partial charge in [-0.1, -0.05) is 17.3 Å². The van der Waals surface area contributed by atoms with Crippen LogP contribution in [0.2, 0.25) is 0 Å². The average molecular weight is 363 g/mol. The molecule has 1 spiro atoms. The molecule has 0 radical (unpaired) electrons. The number of benzene rings is 1. The third-order valence-corrected chi connectivity index (χ3v) is 5.96. The largest absolute Gasteiger partial charge is 0.368 e. The zero-order valence-corrected chi connectivity index (χ0v) is 15.0. The number of para-hydroxylation sites is 1. The molecule has 1 unspecified atom stereocenters. The Kier molecular flexibility index (Phi) is 3.63. The second kappa shape index (κ2) is 6.04. The number of aromatic nitrogens is 3. The van der Waals surface area contributed by atoms with Crippen molar-refractivity contribution in [2.24, 2.45) is 0 Å². The fourth-order valence-corrected chi connectivity index (χ4v) is 4.62. The lowest BCUT2D eigenvalue weighted by Gasteiger charge is -2.40. The molecule has 3 aromatic rings. The molecule has 0 bridgehead atoms. The van der Waals surface area contributed by atoms with Crippen LogP contribution in [0.5, 0.6) is 0 Å². The molecule has 1 aromatic carbocycles. The smallest absolute Gasteiger partial charge is 0.228 e. The molecule has 138 valence electrons. The van der Waals surface area contributed by atoms with Crippen molar-refractivity contribution in [1.82, 2.24) is 20.0 Å². The Bertz CT molecular complexity index is 1030. The molecular weight excluding hydrogens is 342 g/mol. The van der Waals surface area contributed by atoms with E-state index in [9.17, 15) is 4.79 Å². The normalized spacial score (nSPS) is 21.7. The number of rotatable bonds is 2. The molecule has 1 amide bonds. The van der Waals surface area contributed by atoms with Crippen molar-refractivity contribution in [3.63, 3.8) is 0 Å². The van der Waals surface area contributed by atoms with Crippen LogP contribution >= 0.6 is 0 Å². The summed E-state index contributed by atoms with van der Waals surface area (Å²) >= 11 is 0. The third kappa shape index (κ3) is 2.65. The number of aryl methyl sites for hydroxylation is 1. The van der Waals surface area contributed by atoms with E-state index in [0.29, 0.717) is 23.8 Å². The lowest BCUT2D eigenvalue weighted by Crippen LogP contribution is -2.48. The molecule has 1 fully saturated rings. The first-order valence-electron chi connectivity index (χ1n) is 9.38. The summed E-state index contributed by atoms with van der Waals surface area (Å²) in [6.07, 6.45) is 6.05. The predicted molar refractivity (Wildman–Crippen MR) is 100.0 cm³/mol. The van der Waals surface area contributed by atoms with Gasteiger partial charge in [-0.25, -0.2) is 9.97 Å². The Morgan fingerprint density at radius 3 is 3.11 bits per heavy atom. The number of carbonyl (C=O) groups excluding carboxylic acids is 1. The Hall–Kier alpha value is -2.96. The summed E-state index contributed by atoms with van der Waals surface area (Å²) < 4.78 is 5.34. The van der Waals surface area contributed by atoms with Crippen LogP contribution in [0.1, 0.15) is 36.2 Å². The van der Waals surface area contributed by atoms with Gasteiger partial charge in [-0.05, 0) is 43.4 Å². The fraction of sp³-hybridized carbons (Fsp3) is 0.400. The summed E-state index contributed by atoms with van der Waals surface area (Å²) in [4.78, 5) is 23.6. The van der Waals surface area contributed by atoms with Gasteiger partial charge in [-0.2, -0.15) is 0 Å². The monoisotopic (exact) mass is 363 g/mol. The van der Waals surface area contributed by atoms with E-state index in [1.807, 2.05) is 35.4 Å². The quantitative estimate of drug-likeness (QED) is 0.750. The van der Waals surface area contributed by atoms with E-state index < -0.39 is 0 Å². The van der Waals surface area contributed by atoms with Gasteiger partial charge in [0.1, 0.15) is 5.69 Å². The van der Waals surface area contributed by atoms with Gasteiger partial charge in [0.2, 0.25) is 11.9 Å². The zero-order valence-electron chi connectivity index (χ0n) is 15.0. The van der Waals surface area contributed by atoms with Gasteiger partial charge in [-0.15, -0.1) is 0 Å². The van der Waals surface area contributed by atoms with Gasteiger partial charge in [-0.3, -0.25) is 4.79 Å². The highest BCUT2D eigenvalue weighted by Gasteiger charge is 2.44. The summed E-state index contributed by atoms with van der Waals surface area (Å²) in [5, 5.41) is 5.01. The minimum atomic E-state index is -0.0911. The molecule has 3 heterocycles. The number of hydrogen-bond donors (Lipinski definition) is 1. The second-order valence-electron chi connectivity index (χ2n) is 7.60. The average Bonchev–Trinajstić information content (AvgIpc) is 3.24. The molecule has 2 N–H and O–H groups in total. The molecule has 2 aliphatic rings. The van der Waals surface area contributed by atoms with E-state index >= 15 is 0 Å². The summed E-state index contributed by atoms with van der Waals surface area (Å²) in [6, 6.07) is 7.65. The van der Waals surface area contributed by atoms with E-state index in [1.54, 1.807) is 0 Å². The lowest BCUT2D eigenvalue weighted by atomic mass is 9.77. The minimum Gasteiger partial charge on any atom is -0.368 e. The summed E-state index contributed by atoms with van der Waals surface area (Å²) in [7, 11) is 0. The SMILES string of the molecule is Nc1ncc2c(n1)C1(CCCN(C(=O)Cc3noc4ccccc34)C1)CC2. The van der Waals surface area contributed by atoms with E-state index in [-0.39, 0.29) is 17.7 Å². The van der Waals surface area contributed by atoms with Gasteiger partial charge in [0.25, 0.3) is 0 Å². The van der Waals surface area contributed by atoms with Crippen molar-refractivity contribution in [2.75, 3.05) is 18.8 Å². The fourth-order valence-electron chi connectivity index (χ4n) is 4.62. The lowest BCUT2D eigenvalue weighted by molar-refractivity contribution is -0.132. The number of nitrogens with zero attached hydrogens (tertiary/aromatic N) is 4. The Balaban J connectivity index is 1.39. The number of amides is 1. The van der Waals surface area contributed by atoms with Gasteiger partial charge in [0, 0.05) is 30.1 Å². The first kappa shape index (κ1) is 16.2. The van der Waals surface area contributed by atoms with Crippen LogP contribution < -0.4 is 5.73 Å². The van der Waals surface area contributed by atoms with Crippen LogP contribution in [0.25, 0.3) is 11.0 Å². The molecule has 7 heteroatoms. The van der Waals surface area contributed by atoms with Crippen molar-refractivity contribution in [2.45, 2.75) is 37.5 Å². The number of likely N-dealkylation sites (tertiary alicyclic amines) is 1. The van der Waals surface area contributed by atoms with Gasteiger partial charge < -0.3 is 15.2 Å². The highest BCUT2D eigenvalue weighted by Crippen LogP contribution is 2.44. The second-order valence-corrected chi connectivity index (χ2v) is 7.60. The maximum Gasteiger partial charge on any atom is 0.228 e. The first-order valence-corrected chi connectivity index (χ1v) is 9.38. The molecule has 2 aromatic heterocycles. The third-order valence-electron chi connectivity index (χ3n) is 5.96. The van der Waals surface area contributed by atoms with Crippen LogP contribution in [0.15, 0.2) is 35.0 Å². The highest BCUT2D eigenvalue weighted by molar-refractivity contribution is 5.86.